The highest BCUT2D eigenvalue weighted by atomic mass is 19.4. The van der Waals surface area contributed by atoms with Gasteiger partial charge in [-0.3, -0.25) is 9.69 Å². The predicted octanol–water partition coefficient (Wildman–Crippen LogP) is 4.53. The number of carbonyl (C=O) groups is 1. The second-order valence-corrected chi connectivity index (χ2v) is 8.49. The van der Waals surface area contributed by atoms with E-state index in [4.69, 9.17) is 10.00 Å². The highest BCUT2D eigenvalue weighted by molar-refractivity contribution is 5.78. The number of ether oxygens (including phenoxy) is 1. The van der Waals surface area contributed by atoms with Crippen LogP contribution in [0.1, 0.15) is 29.5 Å². The molecule has 0 saturated carbocycles. The van der Waals surface area contributed by atoms with Gasteiger partial charge in [-0.25, -0.2) is 0 Å². The highest BCUT2D eigenvalue weighted by Gasteiger charge is 2.30. The summed E-state index contributed by atoms with van der Waals surface area (Å²) in [6, 6.07) is 15.9. The molecule has 9 heteroatoms. The van der Waals surface area contributed by atoms with Crippen molar-refractivity contribution in [1.29, 1.82) is 5.26 Å². The first-order valence-electron chi connectivity index (χ1n) is 11.3. The lowest BCUT2D eigenvalue weighted by molar-refractivity contribution is -0.137. The third-order valence-corrected chi connectivity index (χ3v) is 5.97. The average Bonchev–Trinajstić information content (AvgIpc) is 3.32. The lowest BCUT2D eigenvalue weighted by atomic mass is 10.0. The van der Waals surface area contributed by atoms with Crippen LogP contribution in [0.2, 0.25) is 0 Å². The number of likely N-dealkylation sites (tertiary alicyclic amines) is 1. The van der Waals surface area contributed by atoms with Gasteiger partial charge in [0.25, 0.3) is 5.91 Å². The molecule has 1 fully saturated rings. The van der Waals surface area contributed by atoms with Crippen LogP contribution in [0.25, 0.3) is 5.69 Å². The number of carbonyl (C=O) groups excluding carboxylic acids is 1. The summed E-state index contributed by atoms with van der Waals surface area (Å²) in [7, 11) is 0. The predicted molar refractivity (Wildman–Crippen MR) is 124 cm³/mol. The number of nitrogens with zero attached hydrogens (tertiary/aromatic N) is 3. The Morgan fingerprint density at radius 2 is 1.80 bits per heavy atom. The van der Waals surface area contributed by atoms with Crippen LogP contribution in [0.5, 0.6) is 5.75 Å². The summed E-state index contributed by atoms with van der Waals surface area (Å²) >= 11 is 0. The lowest BCUT2D eigenvalue weighted by Gasteiger charge is -2.32. The van der Waals surface area contributed by atoms with E-state index in [1.807, 2.05) is 29.1 Å². The molecule has 1 aromatic heterocycles. The minimum atomic E-state index is -4.35. The maximum Gasteiger partial charge on any atom is 0.416 e. The normalized spacial score (nSPS) is 14.9. The van der Waals surface area contributed by atoms with Crippen molar-refractivity contribution in [3.63, 3.8) is 0 Å². The number of alkyl halides is 3. The SMILES string of the molecule is N#Cc1ccccc1OCC(=O)NC1CCN(Cc2ccn(-c3ccc(C(F)(F)F)cc3)c2)CC1. The second-order valence-electron chi connectivity index (χ2n) is 8.49. The van der Waals surface area contributed by atoms with E-state index in [9.17, 15) is 18.0 Å². The fourth-order valence-corrected chi connectivity index (χ4v) is 4.11. The molecule has 2 heterocycles. The molecule has 2 aromatic carbocycles. The van der Waals surface area contributed by atoms with Crippen LogP contribution in [0, 0.1) is 11.3 Å². The minimum Gasteiger partial charge on any atom is -0.482 e. The minimum absolute atomic E-state index is 0.0605. The number of piperidine rings is 1. The number of aromatic nitrogens is 1. The van der Waals surface area contributed by atoms with Crippen LogP contribution in [0.4, 0.5) is 13.2 Å². The number of hydrogen-bond donors (Lipinski definition) is 1. The molecule has 35 heavy (non-hydrogen) atoms. The average molecular weight is 483 g/mol. The van der Waals surface area contributed by atoms with E-state index >= 15 is 0 Å². The first-order chi connectivity index (χ1) is 16.8. The number of para-hydroxylation sites is 1. The van der Waals surface area contributed by atoms with E-state index < -0.39 is 11.7 Å². The number of nitrogens with one attached hydrogen (secondary N) is 1. The largest absolute Gasteiger partial charge is 0.482 e. The van der Waals surface area contributed by atoms with E-state index in [-0.39, 0.29) is 18.6 Å². The Hall–Kier alpha value is -3.77. The second kappa shape index (κ2) is 10.7. The Bertz CT molecular complexity index is 1190. The van der Waals surface area contributed by atoms with Crippen molar-refractivity contribution >= 4 is 5.91 Å². The molecule has 0 bridgehead atoms. The molecule has 4 rings (SSSR count). The zero-order valence-corrected chi connectivity index (χ0v) is 19.0. The smallest absolute Gasteiger partial charge is 0.416 e. The summed E-state index contributed by atoms with van der Waals surface area (Å²) < 4.78 is 45.6. The van der Waals surface area contributed by atoms with E-state index in [1.165, 1.54) is 12.1 Å². The fourth-order valence-electron chi connectivity index (χ4n) is 4.11. The maximum absolute atomic E-state index is 12.8. The van der Waals surface area contributed by atoms with Gasteiger partial charge in [-0.1, -0.05) is 12.1 Å². The molecule has 1 amide bonds. The summed E-state index contributed by atoms with van der Waals surface area (Å²) in [5, 5.41) is 12.1. The summed E-state index contributed by atoms with van der Waals surface area (Å²) in [5.41, 5.74) is 1.46. The molecular formula is C26H25F3N4O2. The van der Waals surface area contributed by atoms with Gasteiger partial charge in [0.1, 0.15) is 11.8 Å². The number of benzene rings is 2. The van der Waals surface area contributed by atoms with E-state index in [1.54, 1.807) is 24.3 Å². The standard InChI is InChI=1S/C26H25F3N4O2/c27-26(28,29)21-5-7-23(8-6-21)33-14-9-19(17-33)16-32-12-10-22(11-13-32)31-25(34)18-35-24-4-2-1-3-20(24)15-30/h1-9,14,17,22H,10-13,16,18H2,(H,31,34). The molecule has 0 atom stereocenters. The van der Waals surface area contributed by atoms with Gasteiger partial charge < -0.3 is 14.6 Å². The van der Waals surface area contributed by atoms with E-state index in [2.05, 4.69) is 10.2 Å². The van der Waals surface area contributed by atoms with Crippen molar-refractivity contribution < 1.29 is 22.7 Å². The van der Waals surface area contributed by atoms with Gasteiger partial charge in [0.2, 0.25) is 0 Å². The first-order valence-corrected chi connectivity index (χ1v) is 11.3. The van der Waals surface area contributed by atoms with Crippen LogP contribution in [0.15, 0.2) is 67.0 Å². The third-order valence-electron chi connectivity index (χ3n) is 5.97. The summed E-state index contributed by atoms with van der Waals surface area (Å²) in [5.74, 6) is 0.174. The molecule has 182 valence electrons. The molecule has 1 aliphatic heterocycles. The van der Waals surface area contributed by atoms with Gasteiger partial charge in [-0.15, -0.1) is 0 Å². The number of amides is 1. The molecule has 1 saturated heterocycles. The van der Waals surface area contributed by atoms with Crippen LogP contribution in [-0.4, -0.2) is 41.1 Å². The molecule has 0 unspecified atom stereocenters. The Kier molecular flexibility index (Phi) is 7.42. The molecule has 0 radical (unpaired) electrons. The Balaban J connectivity index is 1.22. The summed E-state index contributed by atoms with van der Waals surface area (Å²) in [6.45, 7) is 2.21. The molecule has 0 aliphatic carbocycles. The fraction of sp³-hybridized carbons (Fsp3) is 0.308. The maximum atomic E-state index is 12.8. The zero-order valence-electron chi connectivity index (χ0n) is 19.0. The van der Waals surface area contributed by atoms with Gasteiger partial charge >= 0.3 is 6.18 Å². The van der Waals surface area contributed by atoms with Crippen molar-refractivity contribution in [1.82, 2.24) is 14.8 Å². The van der Waals surface area contributed by atoms with E-state index in [0.29, 0.717) is 17.0 Å². The summed E-state index contributed by atoms with van der Waals surface area (Å²) in [6.07, 6.45) is 1.03. The Morgan fingerprint density at radius 3 is 2.49 bits per heavy atom. The van der Waals surface area contributed by atoms with Crippen molar-refractivity contribution in [2.45, 2.75) is 31.6 Å². The topological polar surface area (TPSA) is 70.3 Å². The highest BCUT2D eigenvalue weighted by Crippen LogP contribution is 2.29. The van der Waals surface area contributed by atoms with Gasteiger partial charge in [-0.05, 0) is 60.9 Å². The van der Waals surface area contributed by atoms with Crippen LogP contribution >= 0.6 is 0 Å². The van der Waals surface area contributed by atoms with Crippen molar-refractivity contribution in [2.75, 3.05) is 19.7 Å². The summed E-state index contributed by atoms with van der Waals surface area (Å²) in [4.78, 5) is 14.6. The number of rotatable bonds is 7. The molecule has 1 aliphatic rings. The number of halogens is 3. The van der Waals surface area contributed by atoms with Crippen LogP contribution < -0.4 is 10.1 Å². The first kappa shape index (κ1) is 24.4. The van der Waals surface area contributed by atoms with Gasteiger partial charge in [0.05, 0.1) is 11.1 Å². The lowest BCUT2D eigenvalue weighted by Crippen LogP contribution is -2.45. The number of nitriles is 1. The van der Waals surface area contributed by atoms with Crippen molar-refractivity contribution in [3.05, 3.63) is 83.7 Å². The van der Waals surface area contributed by atoms with E-state index in [0.717, 1.165) is 50.2 Å². The zero-order chi connectivity index (χ0) is 24.8. The van der Waals surface area contributed by atoms with Gasteiger partial charge in [0, 0.05) is 43.8 Å². The molecule has 1 N–H and O–H groups in total. The molecule has 0 spiro atoms. The quantitative estimate of drug-likeness (QED) is 0.537. The van der Waals surface area contributed by atoms with Gasteiger partial charge in [-0.2, -0.15) is 18.4 Å². The monoisotopic (exact) mass is 482 g/mol. The van der Waals surface area contributed by atoms with Crippen LogP contribution in [0.3, 0.4) is 0 Å². The molecule has 3 aromatic rings. The van der Waals surface area contributed by atoms with Gasteiger partial charge in [0.15, 0.2) is 6.61 Å². The van der Waals surface area contributed by atoms with Crippen molar-refractivity contribution in [2.24, 2.45) is 0 Å². The van der Waals surface area contributed by atoms with Crippen LogP contribution in [-0.2, 0) is 17.5 Å². The third kappa shape index (κ3) is 6.43. The number of hydrogen-bond acceptors (Lipinski definition) is 4. The van der Waals surface area contributed by atoms with Crippen molar-refractivity contribution in [3.8, 4) is 17.5 Å². The molecular weight excluding hydrogens is 457 g/mol. The Labute approximate surface area is 201 Å². The molecule has 6 nitrogen and oxygen atoms in total. The Morgan fingerprint density at radius 1 is 1.09 bits per heavy atom.